The van der Waals surface area contributed by atoms with Crippen molar-refractivity contribution in [1.82, 2.24) is 19.1 Å². The highest BCUT2D eigenvalue weighted by Gasteiger charge is 2.09. The van der Waals surface area contributed by atoms with Gasteiger partial charge in [-0.2, -0.15) is 0 Å². The average molecular weight is 280 g/mol. The smallest absolute Gasteiger partial charge is 0.253 e. The van der Waals surface area contributed by atoms with E-state index in [1.54, 1.807) is 24.0 Å². The third-order valence-electron chi connectivity index (χ3n) is 3.39. The van der Waals surface area contributed by atoms with Gasteiger partial charge in [-0.05, 0) is 25.1 Å². The van der Waals surface area contributed by atoms with E-state index in [0.717, 1.165) is 17.1 Å². The predicted molar refractivity (Wildman–Crippen MR) is 81.0 cm³/mol. The van der Waals surface area contributed by atoms with Crippen LogP contribution >= 0.6 is 0 Å². The Kier molecular flexibility index (Phi) is 3.39. The zero-order chi connectivity index (χ0) is 14.8. The van der Waals surface area contributed by atoms with Gasteiger partial charge in [0.05, 0.1) is 12.2 Å². The number of imidazole rings is 1. The third kappa shape index (κ3) is 2.63. The lowest BCUT2D eigenvalue weighted by Gasteiger charge is -2.09. The second-order valence-electron chi connectivity index (χ2n) is 5.03. The summed E-state index contributed by atoms with van der Waals surface area (Å²) in [6.07, 6.45) is 7.28. The summed E-state index contributed by atoms with van der Waals surface area (Å²) >= 11 is 0. The van der Waals surface area contributed by atoms with Crippen LogP contribution in [0.5, 0.6) is 0 Å². The molecule has 0 spiro atoms. The van der Waals surface area contributed by atoms with E-state index in [1.807, 2.05) is 48.1 Å². The van der Waals surface area contributed by atoms with Crippen LogP contribution in [0.3, 0.4) is 0 Å². The number of hydrogen-bond donors (Lipinski definition) is 0. The Bertz CT molecular complexity index is 792. The highest BCUT2D eigenvalue weighted by Crippen LogP contribution is 2.17. The van der Waals surface area contributed by atoms with Crippen molar-refractivity contribution >= 4 is 0 Å². The Balaban J connectivity index is 2.01. The first-order valence-corrected chi connectivity index (χ1v) is 6.74. The van der Waals surface area contributed by atoms with Crippen molar-refractivity contribution in [3.8, 4) is 11.4 Å². The van der Waals surface area contributed by atoms with Crippen molar-refractivity contribution in [3.63, 3.8) is 0 Å². The van der Waals surface area contributed by atoms with E-state index in [1.165, 1.54) is 0 Å². The molecule has 0 fully saturated rings. The van der Waals surface area contributed by atoms with Gasteiger partial charge in [-0.3, -0.25) is 9.78 Å². The highest BCUT2D eigenvalue weighted by atomic mass is 16.1. The third-order valence-corrected chi connectivity index (χ3v) is 3.39. The maximum Gasteiger partial charge on any atom is 0.253 e. The Morgan fingerprint density at radius 3 is 2.76 bits per heavy atom. The second kappa shape index (κ2) is 5.36. The summed E-state index contributed by atoms with van der Waals surface area (Å²) in [5, 5.41) is 0. The second-order valence-corrected chi connectivity index (χ2v) is 5.03. The van der Waals surface area contributed by atoms with Crippen molar-refractivity contribution in [2.24, 2.45) is 7.05 Å². The van der Waals surface area contributed by atoms with Crippen LogP contribution in [-0.2, 0) is 13.6 Å². The molecule has 0 unspecified atom stereocenters. The Morgan fingerprint density at radius 1 is 1.19 bits per heavy atom. The van der Waals surface area contributed by atoms with Crippen LogP contribution in [0.1, 0.15) is 11.3 Å². The molecule has 3 heterocycles. The fourth-order valence-corrected chi connectivity index (χ4v) is 2.36. The summed E-state index contributed by atoms with van der Waals surface area (Å²) in [6, 6.07) is 7.72. The van der Waals surface area contributed by atoms with Gasteiger partial charge in [0, 0.05) is 43.0 Å². The molecule has 0 bridgehead atoms. The molecule has 3 rings (SSSR count). The molecule has 0 radical (unpaired) electrons. The summed E-state index contributed by atoms with van der Waals surface area (Å²) in [5.41, 5.74) is 2.62. The molecule has 21 heavy (non-hydrogen) atoms. The van der Waals surface area contributed by atoms with E-state index in [4.69, 9.17) is 0 Å². The molecule has 0 atom stereocenters. The van der Waals surface area contributed by atoms with E-state index < -0.39 is 0 Å². The fourth-order valence-electron chi connectivity index (χ4n) is 2.36. The van der Waals surface area contributed by atoms with Crippen molar-refractivity contribution in [2.45, 2.75) is 13.5 Å². The van der Waals surface area contributed by atoms with E-state index in [0.29, 0.717) is 12.1 Å². The molecular weight excluding hydrogens is 264 g/mol. The van der Waals surface area contributed by atoms with Gasteiger partial charge in [0.25, 0.3) is 5.56 Å². The van der Waals surface area contributed by atoms with Crippen LogP contribution in [-0.4, -0.2) is 19.1 Å². The zero-order valence-electron chi connectivity index (χ0n) is 12.0. The number of nitrogens with zero attached hydrogens (tertiary/aromatic N) is 4. The first-order valence-electron chi connectivity index (χ1n) is 6.74. The SMILES string of the molecule is Cc1cc(-c2nccn2Cc2ccccn2)cn(C)c1=O. The number of rotatable bonds is 3. The van der Waals surface area contributed by atoms with Crippen LogP contribution in [0.15, 0.2) is 53.8 Å². The lowest BCUT2D eigenvalue weighted by molar-refractivity contribution is 0.777. The summed E-state index contributed by atoms with van der Waals surface area (Å²) < 4.78 is 3.62. The number of pyridine rings is 2. The van der Waals surface area contributed by atoms with Gasteiger partial charge < -0.3 is 9.13 Å². The number of hydrogen-bond acceptors (Lipinski definition) is 3. The standard InChI is InChI=1S/C16H16N4O/c1-12-9-13(10-19(2)16(12)21)15-18-7-8-20(15)11-14-5-3-4-6-17-14/h3-10H,11H2,1-2H3. The Hall–Kier alpha value is -2.69. The van der Waals surface area contributed by atoms with Crippen LogP contribution in [0.25, 0.3) is 11.4 Å². The molecule has 0 aliphatic heterocycles. The Morgan fingerprint density at radius 2 is 2.05 bits per heavy atom. The molecule has 0 aliphatic carbocycles. The number of aromatic nitrogens is 4. The molecule has 3 aromatic heterocycles. The summed E-state index contributed by atoms with van der Waals surface area (Å²) in [7, 11) is 1.75. The van der Waals surface area contributed by atoms with Crippen molar-refractivity contribution in [1.29, 1.82) is 0 Å². The minimum atomic E-state index is 0.0154. The number of aryl methyl sites for hydroxylation is 2. The van der Waals surface area contributed by atoms with Crippen molar-refractivity contribution in [3.05, 3.63) is 70.7 Å². The topological polar surface area (TPSA) is 52.7 Å². The molecule has 0 aliphatic rings. The van der Waals surface area contributed by atoms with Gasteiger partial charge in [0.1, 0.15) is 5.82 Å². The van der Waals surface area contributed by atoms with Crippen LogP contribution in [0.4, 0.5) is 0 Å². The monoisotopic (exact) mass is 280 g/mol. The largest absolute Gasteiger partial charge is 0.325 e. The molecule has 0 amide bonds. The minimum Gasteiger partial charge on any atom is -0.325 e. The molecule has 5 heteroatoms. The van der Waals surface area contributed by atoms with E-state index in [2.05, 4.69) is 9.97 Å². The van der Waals surface area contributed by atoms with Crippen LogP contribution in [0, 0.1) is 6.92 Å². The molecule has 5 nitrogen and oxygen atoms in total. The average Bonchev–Trinajstić information content (AvgIpc) is 2.93. The first-order chi connectivity index (χ1) is 10.1. The van der Waals surface area contributed by atoms with Gasteiger partial charge in [-0.1, -0.05) is 6.07 Å². The van der Waals surface area contributed by atoms with Crippen molar-refractivity contribution < 1.29 is 0 Å². The predicted octanol–water partition coefficient (Wildman–Crippen LogP) is 2.00. The van der Waals surface area contributed by atoms with E-state index >= 15 is 0 Å². The minimum absolute atomic E-state index is 0.0154. The summed E-state index contributed by atoms with van der Waals surface area (Å²) in [5.74, 6) is 0.833. The van der Waals surface area contributed by atoms with Crippen LogP contribution in [0.2, 0.25) is 0 Å². The first kappa shape index (κ1) is 13.3. The summed E-state index contributed by atoms with van der Waals surface area (Å²) in [4.78, 5) is 20.5. The fraction of sp³-hybridized carbons (Fsp3) is 0.188. The van der Waals surface area contributed by atoms with Gasteiger partial charge in [-0.25, -0.2) is 4.98 Å². The maximum absolute atomic E-state index is 11.8. The highest BCUT2D eigenvalue weighted by molar-refractivity contribution is 5.55. The molecule has 0 aromatic carbocycles. The van der Waals surface area contributed by atoms with E-state index in [-0.39, 0.29) is 5.56 Å². The van der Waals surface area contributed by atoms with Gasteiger partial charge >= 0.3 is 0 Å². The lowest BCUT2D eigenvalue weighted by atomic mass is 10.2. The van der Waals surface area contributed by atoms with Crippen LogP contribution < -0.4 is 5.56 Å². The molecule has 3 aromatic rings. The molecule has 0 saturated heterocycles. The lowest BCUT2D eigenvalue weighted by Crippen LogP contribution is -2.18. The van der Waals surface area contributed by atoms with Gasteiger partial charge in [-0.15, -0.1) is 0 Å². The summed E-state index contributed by atoms with van der Waals surface area (Å²) in [6.45, 7) is 2.47. The zero-order valence-corrected chi connectivity index (χ0v) is 12.0. The normalized spacial score (nSPS) is 10.8. The maximum atomic E-state index is 11.8. The quantitative estimate of drug-likeness (QED) is 0.737. The van der Waals surface area contributed by atoms with Gasteiger partial charge in [0.2, 0.25) is 0 Å². The Labute approximate surface area is 122 Å². The molecule has 0 saturated carbocycles. The van der Waals surface area contributed by atoms with E-state index in [9.17, 15) is 4.79 Å². The molecule has 106 valence electrons. The van der Waals surface area contributed by atoms with Gasteiger partial charge in [0.15, 0.2) is 0 Å². The molecule has 0 N–H and O–H groups in total. The molecular formula is C16H16N4O. The van der Waals surface area contributed by atoms with Crippen molar-refractivity contribution in [2.75, 3.05) is 0 Å².